The van der Waals surface area contributed by atoms with E-state index in [1.54, 1.807) is 30.7 Å². The fourth-order valence-electron chi connectivity index (χ4n) is 3.64. The summed E-state index contributed by atoms with van der Waals surface area (Å²) >= 11 is 1.31. The molecular formula is C24H24FN3O3S. The number of aromatic amines is 1. The molecule has 0 aliphatic heterocycles. The van der Waals surface area contributed by atoms with Crippen LogP contribution in [0.2, 0.25) is 0 Å². The van der Waals surface area contributed by atoms with Gasteiger partial charge in [-0.1, -0.05) is 48.5 Å². The summed E-state index contributed by atoms with van der Waals surface area (Å²) < 4.78 is 19.5. The number of hydrogen-bond donors (Lipinski definition) is 2. The highest BCUT2D eigenvalue weighted by Gasteiger charge is 2.18. The normalized spacial score (nSPS) is 12.5. The highest BCUT2D eigenvalue weighted by Crippen LogP contribution is 2.32. The van der Waals surface area contributed by atoms with Gasteiger partial charge < -0.3 is 14.8 Å². The van der Waals surface area contributed by atoms with Gasteiger partial charge in [0.15, 0.2) is 0 Å². The van der Waals surface area contributed by atoms with Crippen LogP contribution in [0.1, 0.15) is 17.5 Å². The van der Waals surface area contributed by atoms with E-state index < -0.39 is 6.10 Å². The largest absolute Gasteiger partial charge is 0.387 e. The Labute approximate surface area is 188 Å². The number of aromatic nitrogens is 2. The number of ether oxygens (including phenoxy) is 1. The molecule has 2 aromatic carbocycles. The molecule has 0 saturated heterocycles. The van der Waals surface area contributed by atoms with Crippen LogP contribution in [-0.2, 0) is 11.3 Å². The van der Waals surface area contributed by atoms with Gasteiger partial charge in [0.05, 0.1) is 24.6 Å². The number of thiophene rings is 1. The zero-order valence-corrected chi connectivity index (χ0v) is 18.4. The van der Waals surface area contributed by atoms with Crippen LogP contribution >= 0.6 is 11.3 Å². The molecule has 0 saturated carbocycles. The number of methoxy groups -OCH3 is 1. The lowest BCUT2D eigenvalue weighted by Crippen LogP contribution is -2.32. The highest BCUT2D eigenvalue weighted by molar-refractivity contribution is 7.17. The fourth-order valence-corrected chi connectivity index (χ4v) is 4.60. The molecule has 0 radical (unpaired) electrons. The SMILES string of the molecule is COCCN(Cc1nc2scc(-c3ccccc3F)c2c(=O)[nH]1)CC(O)c1ccccc1. The molecular weight excluding hydrogens is 429 g/mol. The van der Waals surface area contributed by atoms with E-state index in [2.05, 4.69) is 9.97 Å². The molecule has 1 unspecified atom stereocenters. The van der Waals surface area contributed by atoms with Crippen molar-refractivity contribution in [3.8, 4) is 11.1 Å². The minimum absolute atomic E-state index is 0.306. The summed E-state index contributed by atoms with van der Waals surface area (Å²) in [7, 11) is 1.62. The van der Waals surface area contributed by atoms with E-state index in [4.69, 9.17) is 4.74 Å². The molecule has 8 heteroatoms. The average molecular weight is 454 g/mol. The summed E-state index contributed by atoms with van der Waals surface area (Å²) in [6.07, 6.45) is -0.682. The van der Waals surface area contributed by atoms with E-state index in [9.17, 15) is 14.3 Å². The number of hydrogen-bond acceptors (Lipinski definition) is 6. The topological polar surface area (TPSA) is 78.5 Å². The number of benzene rings is 2. The second-order valence-electron chi connectivity index (χ2n) is 7.48. The Balaban J connectivity index is 1.60. The Morgan fingerprint density at radius 1 is 1.16 bits per heavy atom. The Morgan fingerprint density at radius 3 is 2.66 bits per heavy atom. The van der Waals surface area contributed by atoms with Gasteiger partial charge >= 0.3 is 0 Å². The van der Waals surface area contributed by atoms with Crippen LogP contribution in [0.5, 0.6) is 0 Å². The van der Waals surface area contributed by atoms with E-state index in [1.807, 2.05) is 35.2 Å². The summed E-state index contributed by atoms with van der Waals surface area (Å²) in [6.45, 7) is 1.74. The van der Waals surface area contributed by atoms with E-state index in [1.165, 1.54) is 17.4 Å². The minimum atomic E-state index is -0.682. The molecule has 0 aliphatic carbocycles. The van der Waals surface area contributed by atoms with Crippen molar-refractivity contribution in [2.45, 2.75) is 12.6 Å². The van der Waals surface area contributed by atoms with Gasteiger partial charge in [-0.3, -0.25) is 9.69 Å². The lowest BCUT2D eigenvalue weighted by atomic mass is 10.1. The summed E-state index contributed by atoms with van der Waals surface area (Å²) in [5.74, 6) is 0.108. The molecule has 166 valence electrons. The van der Waals surface area contributed by atoms with Gasteiger partial charge in [-0.15, -0.1) is 11.3 Å². The molecule has 2 heterocycles. The maximum atomic E-state index is 14.3. The van der Waals surface area contributed by atoms with Crippen molar-refractivity contribution in [3.05, 3.63) is 87.5 Å². The Kier molecular flexibility index (Phi) is 7.06. The molecule has 2 N–H and O–H groups in total. The van der Waals surface area contributed by atoms with Gasteiger partial charge in [0, 0.05) is 36.7 Å². The molecule has 0 amide bonds. The molecule has 0 fully saturated rings. The van der Waals surface area contributed by atoms with Gasteiger partial charge in [-0.25, -0.2) is 9.37 Å². The van der Waals surface area contributed by atoms with Crippen LogP contribution in [0, 0.1) is 5.82 Å². The van der Waals surface area contributed by atoms with E-state index in [-0.39, 0.29) is 11.4 Å². The summed E-state index contributed by atoms with van der Waals surface area (Å²) in [6, 6.07) is 15.8. The first-order valence-electron chi connectivity index (χ1n) is 10.3. The highest BCUT2D eigenvalue weighted by atomic mass is 32.1. The summed E-state index contributed by atoms with van der Waals surface area (Å²) in [4.78, 5) is 22.9. The van der Waals surface area contributed by atoms with E-state index >= 15 is 0 Å². The van der Waals surface area contributed by atoms with Crippen molar-refractivity contribution < 1.29 is 14.2 Å². The Morgan fingerprint density at radius 2 is 1.91 bits per heavy atom. The number of halogens is 1. The number of nitrogens with one attached hydrogen (secondary N) is 1. The first-order valence-corrected chi connectivity index (χ1v) is 11.1. The average Bonchev–Trinajstić information content (AvgIpc) is 3.22. The van der Waals surface area contributed by atoms with Crippen LogP contribution in [0.4, 0.5) is 4.39 Å². The Hall–Kier alpha value is -2.91. The fraction of sp³-hybridized carbons (Fsp3) is 0.250. The third-order valence-corrected chi connectivity index (χ3v) is 6.13. The number of rotatable bonds is 9. The molecule has 4 aromatic rings. The van der Waals surface area contributed by atoms with Gasteiger partial charge in [-0.05, 0) is 11.6 Å². The lowest BCUT2D eigenvalue weighted by Gasteiger charge is -2.24. The number of H-pyrrole nitrogens is 1. The number of nitrogens with zero attached hydrogens (tertiary/aromatic N) is 2. The zero-order valence-electron chi connectivity index (χ0n) is 17.6. The molecule has 6 nitrogen and oxygen atoms in total. The Bertz CT molecular complexity index is 1240. The number of aliphatic hydroxyl groups excluding tert-OH is 1. The zero-order chi connectivity index (χ0) is 22.5. The monoisotopic (exact) mass is 453 g/mol. The van der Waals surface area contributed by atoms with Crippen molar-refractivity contribution >= 4 is 21.6 Å². The van der Waals surface area contributed by atoms with Crippen molar-refractivity contribution in [1.29, 1.82) is 0 Å². The molecule has 0 spiro atoms. The number of aliphatic hydroxyl groups is 1. The van der Waals surface area contributed by atoms with Crippen LogP contribution in [0.15, 0.2) is 64.8 Å². The van der Waals surface area contributed by atoms with Gasteiger partial charge in [0.2, 0.25) is 0 Å². The van der Waals surface area contributed by atoms with Crippen molar-refractivity contribution in [2.24, 2.45) is 0 Å². The van der Waals surface area contributed by atoms with Crippen LogP contribution in [0.3, 0.4) is 0 Å². The maximum Gasteiger partial charge on any atom is 0.260 e. The molecule has 4 rings (SSSR count). The molecule has 2 aromatic heterocycles. The third-order valence-electron chi connectivity index (χ3n) is 5.26. The van der Waals surface area contributed by atoms with E-state index in [0.717, 1.165) is 5.56 Å². The van der Waals surface area contributed by atoms with E-state index in [0.29, 0.717) is 53.4 Å². The third kappa shape index (κ3) is 4.94. The predicted molar refractivity (Wildman–Crippen MR) is 124 cm³/mol. The second kappa shape index (κ2) is 10.1. The molecule has 0 aliphatic rings. The molecule has 1 atom stereocenters. The summed E-state index contributed by atoms with van der Waals surface area (Å²) in [5, 5.41) is 12.8. The maximum absolute atomic E-state index is 14.3. The van der Waals surface area contributed by atoms with Crippen LogP contribution in [0.25, 0.3) is 21.3 Å². The predicted octanol–water partition coefficient (Wildman–Crippen LogP) is 3.97. The van der Waals surface area contributed by atoms with Gasteiger partial charge in [-0.2, -0.15) is 0 Å². The van der Waals surface area contributed by atoms with Crippen LogP contribution < -0.4 is 5.56 Å². The van der Waals surface area contributed by atoms with Gasteiger partial charge in [0.1, 0.15) is 16.5 Å². The minimum Gasteiger partial charge on any atom is -0.387 e. The molecule has 32 heavy (non-hydrogen) atoms. The van der Waals surface area contributed by atoms with Crippen molar-refractivity contribution in [2.75, 3.05) is 26.8 Å². The second-order valence-corrected chi connectivity index (χ2v) is 8.33. The van der Waals surface area contributed by atoms with Crippen molar-refractivity contribution in [1.82, 2.24) is 14.9 Å². The molecule has 0 bridgehead atoms. The number of fused-ring (bicyclic) bond motifs is 1. The lowest BCUT2D eigenvalue weighted by molar-refractivity contribution is 0.0835. The smallest absolute Gasteiger partial charge is 0.260 e. The first-order chi connectivity index (χ1) is 15.6. The van der Waals surface area contributed by atoms with Crippen LogP contribution in [-0.4, -0.2) is 46.8 Å². The van der Waals surface area contributed by atoms with Gasteiger partial charge in [0.25, 0.3) is 5.56 Å². The standard InChI is InChI=1S/C24H24FN3O3S/c1-31-12-11-28(13-20(29)16-7-3-2-4-8-16)14-21-26-23(30)22-18(15-32-24(22)27-21)17-9-5-6-10-19(17)25/h2-10,15,20,29H,11-14H2,1H3,(H,26,27,30). The van der Waals surface area contributed by atoms with Crippen molar-refractivity contribution in [3.63, 3.8) is 0 Å². The summed E-state index contributed by atoms with van der Waals surface area (Å²) in [5.41, 5.74) is 1.44. The first kappa shape index (κ1) is 22.3. The quantitative estimate of drug-likeness (QED) is 0.401.